The number of allylic oxidation sites excluding steroid dienone is 11. The van der Waals surface area contributed by atoms with Crippen molar-refractivity contribution in [2.45, 2.75) is 294 Å². The molecule has 0 aliphatic carbocycles. The number of aliphatic hydroxyl groups is 5. The molecular weight excluding hydrogens is 875 g/mol. The van der Waals surface area contributed by atoms with Crippen LogP contribution in [0.1, 0.15) is 251 Å². The van der Waals surface area contributed by atoms with Gasteiger partial charge in [0.15, 0.2) is 6.29 Å². The molecule has 0 aromatic heterocycles. The lowest BCUT2D eigenvalue weighted by atomic mass is 9.99. The molecule has 0 radical (unpaired) electrons. The Balaban J connectivity index is 2.25. The average molecular weight is 985 g/mol. The average Bonchev–Trinajstić information content (AvgIpc) is 3.36. The molecule has 1 heterocycles. The van der Waals surface area contributed by atoms with Crippen LogP contribution < -0.4 is 5.32 Å². The van der Waals surface area contributed by atoms with Crippen molar-refractivity contribution >= 4 is 5.91 Å². The summed E-state index contributed by atoms with van der Waals surface area (Å²) in [6.45, 7) is 3.66. The van der Waals surface area contributed by atoms with Crippen LogP contribution in [-0.4, -0.2) is 87.5 Å². The lowest BCUT2D eigenvalue weighted by molar-refractivity contribution is -0.302. The maximum absolute atomic E-state index is 13.0. The topological polar surface area (TPSA) is 149 Å². The van der Waals surface area contributed by atoms with Crippen LogP contribution >= 0.6 is 0 Å². The van der Waals surface area contributed by atoms with Gasteiger partial charge in [-0.25, -0.2) is 0 Å². The van der Waals surface area contributed by atoms with Crippen molar-refractivity contribution in [2.24, 2.45) is 0 Å². The summed E-state index contributed by atoms with van der Waals surface area (Å²) < 4.78 is 11.2. The normalized spacial score (nSPS) is 19.9. The first-order valence-electron chi connectivity index (χ1n) is 29.2. The molecule has 1 aliphatic rings. The first kappa shape index (κ1) is 65.6. The number of rotatable bonds is 49. The van der Waals surface area contributed by atoms with E-state index in [4.69, 9.17) is 9.47 Å². The Hall–Kier alpha value is -2.37. The Morgan fingerprint density at radius 3 is 1.37 bits per heavy atom. The molecule has 1 aliphatic heterocycles. The number of ether oxygens (including phenoxy) is 2. The Bertz CT molecular complexity index is 1330. The highest BCUT2D eigenvalue weighted by Crippen LogP contribution is 2.23. The van der Waals surface area contributed by atoms with Crippen LogP contribution in [0.25, 0.3) is 0 Å². The van der Waals surface area contributed by atoms with E-state index in [0.29, 0.717) is 6.42 Å². The molecule has 9 heteroatoms. The molecule has 7 unspecified atom stereocenters. The summed E-state index contributed by atoms with van der Waals surface area (Å²) in [6.07, 6.45) is 62.6. The van der Waals surface area contributed by atoms with Crippen LogP contribution in [0.15, 0.2) is 72.9 Å². The van der Waals surface area contributed by atoms with Crippen LogP contribution in [0.5, 0.6) is 0 Å². The SMILES string of the molecule is CC/C=C\C/C=C\C/C=C\C/C=C\CCCCCCCCC(=O)NC(COC1OC(CO)C(O)C(O)C1O)C(O)/C=C/CC/C=C/CCCCCCCCCCCCCCCCCCCCCCCC. The molecule has 1 amide bonds. The summed E-state index contributed by atoms with van der Waals surface area (Å²) in [5.74, 6) is -0.201. The molecule has 1 fully saturated rings. The van der Waals surface area contributed by atoms with Crippen LogP contribution in [0.3, 0.4) is 0 Å². The fourth-order valence-electron chi connectivity index (χ4n) is 8.93. The molecular formula is C61H109NO8. The molecule has 0 spiro atoms. The van der Waals surface area contributed by atoms with Gasteiger partial charge in [-0.2, -0.15) is 0 Å². The Morgan fingerprint density at radius 2 is 0.900 bits per heavy atom. The molecule has 1 rings (SSSR count). The predicted molar refractivity (Wildman–Crippen MR) is 295 cm³/mol. The van der Waals surface area contributed by atoms with Gasteiger partial charge in [0.1, 0.15) is 24.4 Å². The molecule has 1 saturated heterocycles. The maximum atomic E-state index is 13.0. The molecule has 406 valence electrons. The summed E-state index contributed by atoms with van der Waals surface area (Å²) >= 11 is 0. The van der Waals surface area contributed by atoms with E-state index in [2.05, 4.69) is 79.9 Å². The Labute approximate surface area is 429 Å². The Morgan fingerprint density at radius 1 is 0.500 bits per heavy atom. The zero-order chi connectivity index (χ0) is 50.8. The third-order valence-corrected chi connectivity index (χ3v) is 13.5. The number of amides is 1. The van der Waals surface area contributed by atoms with Gasteiger partial charge in [0.05, 0.1) is 25.4 Å². The Kier molecular flexibility index (Phi) is 47.1. The fraction of sp³-hybridized carbons (Fsp3) is 0.787. The lowest BCUT2D eigenvalue weighted by Gasteiger charge is -2.40. The number of carbonyl (C=O) groups excluding carboxylic acids is 1. The molecule has 0 saturated carbocycles. The zero-order valence-electron chi connectivity index (χ0n) is 45.0. The van der Waals surface area contributed by atoms with Crippen LogP contribution in [0.2, 0.25) is 0 Å². The van der Waals surface area contributed by atoms with Gasteiger partial charge in [0, 0.05) is 6.42 Å². The predicted octanol–water partition coefficient (Wildman–Crippen LogP) is 14.5. The summed E-state index contributed by atoms with van der Waals surface area (Å²) in [6, 6.07) is -0.834. The number of nitrogens with one attached hydrogen (secondary N) is 1. The largest absolute Gasteiger partial charge is 0.394 e. The van der Waals surface area contributed by atoms with E-state index in [1.807, 2.05) is 6.08 Å². The molecule has 6 N–H and O–H groups in total. The standard InChI is InChI=1S/C61H109NO8/c1-3-5-7-9-11-13-15-17-19-21-23-24-25-26-27-28-29-30-31-33-34-36-38-40-42-44-46-48-50-55(64)54(53-69-61-60(68)59(67)58(66)56(52-63)70-61)62-57(65)51-49-47-45-43-41-39-37-35-32-22-20-18-16-14-12-10-8-6-4-2/h6,8,12,14,18,20,32,35,40,42,48,50,54-56,58-61,63-64,66-68H,3-5,7,9-11,13,15-17,19,21-31,33-34,36-39,41,43-47,49,51-53H2,1-2H3,(H,62,65)/b8-6-,14-12-,20-18-,35-32-,42-40+,50-48+. The van der Waals surface area contributed by atoms with E-state index in [1.165, 1.54) is 141 Å². The third-order valence-electron chi connectivity index (χ3n) is 13.5. The second-order valence-corrected chi connectivity index (χ2v) is 20.0. The number of unbranched alkanes of at least 4 members (excludes halogenated alkanes) is 29. The van der Waals surface area contributed by atoms with E-state index in [0.717, 1.165) is 89.9 Å². The van der Waals surface area contributed by atoms with Crippen molar-refractivity contribution in [2.75, 3.05) is 13.2 Å². The van der Waals surface area contributed by atoms with E-state index in [9.17, 15) is 30.3 Å². The molecule has 0 bridgehead atoms. The molecule has 7 atom stereocenters. The lowest BCUT2D eigenvalue weighted by Crippen LogP contribution is -2.60. The number of hydrogen-bond acceptors (Lipinski definition) is 8. The van der Waals surface area contributed by atoms with Crippen molar-refractivity contribution in [1.82, 2.24) is 5.32 Å². The highest BCUT2D eigenvalue weighted by Gasteiger charge is 2.44. The highest BCUT2D eigenvalue weighted by atomic mass is 16.7. The van der Waals surface area contributed by atoms with Gasteiger partial charge >= 0.3 is 0 Å². The quantitative estimate of drug-likeness (QED) is 0.0261. The summed E-state index contributed by atoms with van der Waals surface area (Å²) in [5.41, 5.74) is 0. The van der Waals surface area contributed by atoms with Crippen molar-refractivity contribution in [3.8, 4) is 0 Å². The minimum Gasteiger partial charge on any atom is -0.394 e. The monoisotopic (exact) mass is 984 g/mol. The van der Waals surface area contributed by atoms with Gasteiger partial charge in [-0.1, -0.05) is 247 Å². The number of hydrogen-bond donors (Lipinski definition) is 6. The third kappa shape index (κ3) is 39.2. The van der Waals surface area contributed by atoms with Crippen LogP contribution in [0, 0.1) is 0 Å². The van der Waals surface area contributed by atoms with Crippen molar-refractivity contribution in [1.29, 1.82) is 0 Å². The van der Waals surface area contributed by atoms with Gasteiger partial charge < -0.3 is 40.3 Å². The van der Waals surface area contributed by atoms with E-state index < -0.39 is 49.5 Å². The fourth-order valence-corrected chi connectivity index (χ4v) is 8.93. The van der Waals surface area contributed by atoms with E-state index >= 15 is 0 Å². The summed E-state index contributed by atoms with van der Waals surface area (Å²) in [5, 5.41) is 54.5. The first-order valence-corrected chi connectivity index (χ1v) is 29.2. The molecule has 9 nitrogen and oxygen atoms in total. The van der Waals surface area contributed by atoms with E-state index in [1.54, 1.807) is 6.08 Å². The second kappa shape index (κ2) is 50.2. The van der Waals surface area contributed by atoms with Crippen molar-refractivity contribution in [3.05, 3.63) is 72.9 Å². The number of aliphatic hydroxyl groups excluding tert-OH is 5. The van der Waals surface area contributed by atoms with Crippen LogP contribution in [-0.2, 0) is 14.3 Å². The molecule has 0 aromatic carbocycles. The van der Waals surface area contributed by atoms with Gasteiger partial charge in [-0.3, -0.25) is 4.79 Å². The first-order chi connectivity index (χ1) is 34.3. The van der Waals surface area contributed by atoms with Crippen molar-refractivity contribution in [3.63, 3.8) is 0 Å². The number of carbonyl (C=O) groups is 1. The minimum absolute atomic E-state index is 0.201. The smallest absolute Gasteiger partial charge is 0.220 e. The van der Waals surface area contributed by atoms with Gasteiger partial charge in [0.25, 0.3) is 0 Å². The minimum atomic E-state index is -1.58. The summed E-state index contributed by atoms with van der Waals surface area (Å²) in [7, 11) is 0. The van der Waals surface area contributed by atoms with E-state index in [-0.39, 0.29) is 12.5 Å². The summed E-state index contributed by atoms with van der Waals surface area (Å²) in [4.78, 5) is 13.0. The second-order valence-electron chi connectivity index (χ2n) is 20.0. The van der Waals surface area contributed by atoms with Gasteiger partial charge in [-0.05, 0) is 70.6 Å². The van der Waals surface area contributed by atoms with Crippen molar-refractivity contribution < 1.29 is 39.8 Å². The van der Waals surface area contributed by atoms with Gasteiger partial charge in [-0.15, -0.1) is 0 Å². The highest BCUT2D eigenvalue weighted by molar-refractivity contribution is 5.76. The zero-order valence-corrected chi connectivity index (χ0v) is 45.0. The van der Waals surface area contributed by atoms with Crippen LogP contribution in [0.4, 0.5) is 0 Å². The molecule has 0 aromatic rings. The maximum Gasteiger partial charge on any atom is 0.220 e. The molecule has 70 heavy (non-hydrogen) atoms. The van der Waals surface area contributed by atoms with Gasteiger partial charge in [0.2, 0.25) is 5.91 Å².